The van der Waals surface area contributed by atoms with Gasteiger partial charge in [0.15, 0.2) is 5.78 Å². The van der Waals surface area contributed by atoms with Gasteiger partial charge in [-0.3, -0.25) is 4.79 Å². The molecule has 1 aromatic rings. The first-order chi connectivity index (χ1) is 9.50. The Kier molecular flexibility index (Phi) is 7.16. The molecule has 0 saturated heterocycles. The highest BCUT2D eigenvalue weighted by atomic mass is 32.1. The highest BCUT2D eigenvalue weighted by Gasteiger charge is 2.32. The van der Waals surface area contributed by atoms with Gasteiger partial charge >= 0.3 is 6.09 Å². The smallest absolute Gasteiger partial charge is 0.408 e. The summed E-state index contributed by atoms with van der Waals surface area (Å²) in [5.41, 5.74) is -0.408. The number of alkyl carbamates (subject to hydrolysis) is 1. The van der Waals surface area contributed by atoms with Crippen molar-refractivity contribution in [1.29, 1.82) is 0 Å². The number of ether oxygens (including phenoxy) is 1. The average molecular weight is 325 g/mol. The van der Waals surface area contributed by atoms with Crippen molar-refractivity contribution >= 4 is 25.4 Å². The number of amides is 1. The molecule has 0 spiro atoms. The van der Waals surface area contributed by atoms with Crippen molar-refractivity contribution in [2.45, 2.75) is 53.2 Å². The van der Waals surface area contributed by atoms with Crippen LogP contribution in [0, 0.1) is 5.41 Å². The third-order valence-electron chi connectivity index (χ3n) is 2.80. The second-order valence-electron chi connectivity index (χ2n) is 7.10. The predicted octanol–water partition coefficient (Wildman–Crippen LogP) is 3.98. The van der Waals surface area contributed by atoms with Crippen LogP contribution in [0.1, 0.15) is 53.1 Å². The van der Waals surface area contributed by atoms with Crippen LogP contribution in [0.15, 0.2) is 30.3 Å². The monoisotopic (exact) mass is 325 g/mol. The van der Waals surface area contributed by atoms with Gasteiger partial charge in [-0.1, -0.05) is 51.1 Å². The van der Waals surface area contributed by atoms with Crippen molar-refractivity contribution in [3.05, 3.63) is 35.9 Å². The molecular formula is C17H27NO3S. The first kappa shape index (κ1) is 20.5. The van der Waals surface area contributed by atoms with E-state index in [2.05, 4.69) is 5.32 Å². The Labute approximate surface area is 140 Å². The number of ketones is 1. The van der Waals surface area contributed by atoms with E-state index in [9.17, 15) is 9.59 Å². The van der Waals surface area contributed by atoms with Crippen LogP contribution in [0.4, 0.5) is 4.79 Å². The van der Waals surface area contributed by atoms with Gasteiger partial charge in [0.2, 0.25) is 0 Å². The lowest BCUT2D eigenvalue weighted by Gasteiger charge is -2.27. The molecule has 1 aromatic carbocycles. The van der Waals surface area contributed by atoms with Crippen LogP contribution in [0.3, 0.4) is 0 Å². The normalized spacial score (nSPS) is 12.8. The topological polar surface area (TPSA) is 55.4 Å². The summed E-state index contributed by atoms with van der Waals surface area (Å²) in [6.45, 7) is 10.9. The molecule has 0 radical (unpaired) electrons. The fourth-order valence-corrected chi connectivity index (χ4v) is 1.80. The lowest BCUT2D eigenvalue weighted by atomic mass is 9.84. The minimum Gasteiger partial charge on any atom is -0.444 e. The number of nitrogens with one attached hydrogen (secondary N) is 1. The molecule has 4 nitrogen and oxygen atoms in total. The SMILES string of the molecule is CC(C)(C)OC(=O)N[C@H](C(=O)C(C)(C)C)c1ccccc1.S. The number of rotatable bonds is 3. The van der Waals surface area contributed by atoms with Gasteiger partial charge in [-0.2, -0.15) is 13.5 Å². The molecule has 0 heterocycles. The van der Waals surface area contributed by atoms with Gasteiger partial charge in [0.1, 0.15) is 11.6 Å². The Morgan fingerprint density at radius 2 is 1.50 bits per heavy atom. The first-order valence-corrected chi connectivity index (χ1v) is 7.09. The third-order valence-corrected chi connectivity index (χ3v) is 2.80. The van der Waals surface area contributed by atoms with Crippen LogP contribution in [0.5, 0.6) is 0 Å². The molecule has 0 saturated carbocycles. The number of benzene rings is 1. The van der Waals surface area contributed by atoms with E-state index >= 15 is 0 Å². The zero-order valence-electron chi connectivity index (χ0n) is 14.2. The van der Waals surface area contributed by atoms with Crippen LogP contribution in [0.25, 0.3) is 0 Å². The molecule has 1 N–H and O–H groups in total. The molecule has 5 heteroatoms. The molecule has 0 aliphatic rings. The molecule has 0 aliphatic heterocycles. The van der Waals surface area contributed by atoms with E-state index in [1.54, 1.807) is 20.8 Å². The first-order valence-electron chi connectivity index (χ1n) is 7.09. The summed E-state index contributed by atoms with van der Waals surface area (Å²) in [5, 5.41) is 2.69. The maximum atomic E-state index is 12.6. The maximum absolute atomic E-state index is 12.6. The molecule has 1 atom stereocenters. The van der Waals surface area contributed by atoms with Crippen molar-refractivity contribution in [1.82, 2.24) is 5.32 Å². The Morgan fingerprint density at radius 1 is 1.00 bits per heavy atom. The van der Waals surface area contributed by atoms with E-state index in [0.717, 1.165) is 5.56 Å². The zero-order chi connectivity index (χ0) is 16.3. The molecule has 0 aliphatic carbocycles. The fourth-order valence-electron chi connectivity index (χ4n) is 1.80. The molecule has 1 amide bonds. The number of Topliss-reactive ketones (excluding diaryl/α,β-unsaturated/α-hetero) is 1. The molecular weight excluding hydrogens is 298 g/mol. The summed E-state index contributed by atoms with van der Waals surface area (Å²) in [5.74, 6) is -0.0560. The second-order valence-corrected chi connectivity index (χ2v) is 7.10. The predicted molar refractivity (Wildman–Crippen MR) is 93.4 cm³/mol. The molecule has 0 bridgehead atoms. The van der Waals surface area contributed by atoms with Gasteiger partial charge in [0.25, 0.3) is 0 Å². The standard InChI is InChI=1S/C17H25NO3.H2S/c1-16(2,3)14(19)13(12-10-8-7-9-11-12)18-15(20)21-17(4,5)6;/h7-11,13H,1-6H3,(H,18,20);1H2/t13-;/m0./s1. The van der Waals surface area contributed by atoms with Crippen molar-refractivity contribution in [2.24, 2.45) is 5.41 Å². The molecule has 1 rings (SSSR count). The molecule has 0 unspecified atom stereocenters. The summed E-state index contributed by atoms with van der Waals surface area (Å²) < 4.78 is 5.25. The van der Waals surface area contributed by atoms with Crippen LogP contribution < -0.4 is 5.32 Å². The molecule has 0 fully saturated rings. The lowest BCUT2D eigenvalue weighted by molar-refractivity contribution is -0.128. The zero-order valence-corrected chi connectivity index (χ0v) is 15.2. The Bertz CT molecular complexity index is 501. The third kappa shape index (κ3) is 6.52. The summed E-state index contributed by atoms with van der Waals surface area (Å²) in [6, 6.07) is 8.50. The van der Waals surface area contributed by atoms with Gasteiger partial charge < -0.3 is 10.1 Å². The van der Waals surface area contributed by atoms with Crippen LogP contribution in [0.2, 0.25) is 0 Å². The summed E-state index contributed by atoms with van der Waals surface area (Å²) in [7, 11) is 0. The highest BCUT2D eigenvalue weighted by Crippen LogP contribution is 2.26. The van der Waals surface area contributed by atoms with Gasteiger partial charge in [-0.25, -0.2) is 4.79 Å². The van der Waals surface area contributed by atoms with Gasteiger partial charge in [0, 0.05) is 5.41 Å². The number of hydrogen-bond acceptors (Lipinski definition) is 3. The van der Waals surface area contributed by atoms with E-state index in [-0.39, 0.29) is 19.3 Å². The van der Waals surface area contributed by atoms with E-state index < -0.39 is 23.2 Å². The van der Waals surface area contributed by atoms with Crippen molar-refractivity contribution in [2.75, 3.05) is 0 Å². The van der Waals surface area contributed by atoms with E-state index in [1.165, 1.54) is 0 Å². The average Bonchev–Trinajstić information content (AvgIpc) is 2.33. The minimum atomic E-state index is -0.707. The summed E-state index contributed by atoms with van der Waals surface area (Å²) in [4.78, 5) is 24.6. The Hall–Kier alpha value is -1.49. The van der Waals surface area contributed by atoms with Crippen molar-refractivity contribution in [3.8, 4) is 0 Å². The minimum absolute atomic E-state index is 0. The van der Waals surface area contributed by atoms with Crippen molar-refractivity contribution < 1.29 is 14.3 Å². The Morgan fingerprint density at radius 3 is 1.91 bits per heavy atom. The van der Waals surface area contributed by atoms with Crippen LogP contribution >= 0.6 is 13.5 Å². The summed E-state index contributed by atoms with van der Waals surface area (Å²) >= 11 is 0. The number of carbonyl (C=O) groups is 2. The summed E-state index contributed by atoms with van der Waals surface area (Å²) in [6.07, 6.45) is -0.589. The van der Waals surface area contributed by atoms with E-state index in [4.69, 9.17) is 4.74 Å². The molecule has 0 aromatic heterocycles. The second kappa shape index (κ2) is 7.68. The van der Waals surface area contributed by atoms with Gasteiger partial charge in [-0.05, 0) is 26.3 Å². The Balaban J connectivity index is 0.00000441. The van der Waals surface area contributed by atoms with E-state index in [0.29, 0.717) is 0 Å². The van der Waals surface area contributed by atoms with Crippen LogP contribution in [-0.2, 0) is 9.53 Å². The van der Waals surface area contributed by atoms with Crippen molar-refractivity contribution in [3.63, 3.8) is 0 Å². The number of carbonyl (C=O) groups excluding carboxylic acids is 2. The molecule has 22 heavy (non-hydrogen) atoms. The van der Waals surface area contributed by atoms with Gasteiger partial charge in [-0.15, -0.1) is 0 Å². The maximum Gasteiger partial charge on any atom is 0.408 e. The largest absolute Gasteiger partial charge is 0.444 e. The van der Waals surface area contributed by atoms with Crippen LogP contribution in [-0.4, -0.2) is 17.5 Å². The lowest BCUT2D eigenvalue weighted by Crippen LogP contribution is -2.41. The number of hydrogen-bond donors (Lipinski definition) is 1. The fraction of sp³-hybridized carbons (Fsp3) is 0.529. The molecule has 124 valence electrons. The highest BCUT2D eigenvalue weighted by molar-refractivity contribution is 7.59. The van der Waals surface area contributed by atoms with E-state index in [1.807, 2.05) is 51.1 Å². The quantitative estimate of drug-likeness (QED) is 0.914. The van der Waals surface area contributed by atoms with Gasteiger partial charge in [0.05, 0.1) is 0 Å².